The third-order valence-corrected chi connectivity index (χ3v) is 1.90. The Labute approximate surface area is 99.6 Å². The van der Waals surface area contributed by atoms with Gasteiger partial charge in [0, 0.05) is 6.42 Å². The summed E-state index contributed by atoms with van der Waals surface area (Å²) in [4.78, 5) is 10.8. The summed E-state index contributed by atoms with van der Waals surface area (Å²) in [6.07, 6.45) is 1.86. The van der Waals surface area contributed by atoms with Crippen LogP contribution in [0.4, 0.5) is 0 Å². The van der Waals surface area contributed by atoms with E-state index in [0.717, 1.165) is 5.56 Å². The van der Waals surface area contributed by atoms with E-state index in [1.807, 2.05) is 30.3 Å². The Hall–Kier alpha value is -1.29. The highest BCUT2D eigenvalue weighted by atomic mass is 79.9. The molecule has 0 saturated carbocycles. The SMILES string of the molecule is Br.C=CN[C@@H](Cc1ccccc1)C(=O)O. The highest BCUT2D eigenvalue weighted by molar-refractivity contribution is 8.93. The van der Waals surface area contributed by atoms with Gasteiger partial charge in [0.05, 0.1) is 0 Å². The molecule has 3 nitrogen and oxygen atoms in total. The van der Waals surface area contributed by atoms with Crippen LogP contribution < -0.4 is 5.32 Å². The van der Waals surface area contributed by atoms with Crippen LogP contribution in [-0.2, 0) is 11.2 Å². The molecule has 1 aromatic rings. The van der Waals surface area contributed by atoms with Crippen LogP contribution >= 0.6 is 17.0 Å². The van der Waals surface area contributed by atoms with E-state index in [2.05, 4.69) is 11.9 Å². The third kappa shape index (κ3) is 4.65. The van der Waals surface area contributed by atoms with Crippen LogP contribution in [0.25, 0.3) is 0 Å². The summed E-state index contributed by atoms with van der Waals surface area (Å²) < 4.78 is 0. The fourth-order valence-electron chi connectivity index (χ4n) is 1.21. The minimum atomic E-state index is -0.867. The van der Waals surface area contributed by atoms with Crippen LogP contribution in [0.2, 0.25) is 0 Å². The lowest BCUT2D eigenvalue weighted by atomic mass is 10.1. The van der Waals surface area contributed by atoms with Gasteiger partial charge in [-0.3, -0.25) is 0 Å². The zero-order chi connectivity index (χ0) is 10.4. The maximum atomic E-state index is 10.8. The minimum Gasteiger partial charge on any atom is -0.480 e. The first kappa shape index (κ1) is 13.7. The van der Waals surface area contributed by atoms with E-state index in [-0.39, 0.29) is 17.0 Å². The topological polar surface area (TPSA) is 49.3 Å². The largest absolute Gasteiger partial charge is 0.480 e. The normalized spacial score (nSPS) is 10.9. The van der Waals surface area contributed by atoms with E-state index >= 15 is 0 Å². The molecule has 0 aromatic heterocycles. The van der Waals surface area contributed by atoms with E-state index in [1.54, 1.807) is 0 Å². The summed E-state index contributed by atoms with van der Waals surface area (Å²) in [5, 5.41) is 11.6. The highest BCUT2D eigenvalue weighted by Gasteiger charge is 2.15. The second kappa shape index (κ2) is 7.06. The van der Waals surface area contributed by atoms with Gasteiger partial charge in [0.1, 0.15) is 6.04 Å². The average Bonchev–Trinajstić information content (AvgIpc) is 2.18. The molecule has 2 N–H and O–H groups in total. The van der Waals surface area contributed by atoms with Crippen LogP contribution in [0.15, 0.2) is 43.1 Å². The first-order valence-corrected chi connectivity index (χ1v) is 4.37. The predicted octanol–water partition coefficient (Wildman–Crippen LogP) is 1.99. The Morgan fingerprint density at radius 3 is 2.53 bits per heavy atom. The van der Waals surface area contributed by atoms with Crippen molar-refractivity contribution in [3.63, 3.8) is 0 Å². The molecule has 0 heterocycles. The quantitative estimate of drug-likeness (QED) is 0.861. The summed E-state index contributed by atoms with van der Waals surface area (Å²) >= 11 is 0. The number of carboxylic acid groups (broad SMARTS) is 1. The van der Waals surface area contributed by atoms with E-state index in [4.69, 9.17) is 5.11 Å². The molecule has 0 saturated heterocycles. The lowest BCUT2D eigenvalue weighted by molar-refractivity contribution is -0.139. The molecule has 1 atom stereocenters. The molecule has 0 aliphatic carbocycles. The molecule has 15 heavy (non-hydrogen) atoms. The Morgan fingerprint density at radius 1 is 1.47 bits per heavy atom. The van der Waals surface area contributed by atoms with E-state index < -0.39 is 12.0 Å². The van der Waals surface area contributed by atoms with Gasteiger partial charge >= 0.3 is 5.97 Å². The maximum absolute atomic E-state index is 10.8. The summed E-state index contributed by atoms with van der Waals surface area (Å²) in [7, 11) is 0. The van der Waals surface area contributed by atoms with Crippen LogP contribution in [0, 0.1) is 0 Å². The molecule has 0 radical (unpaired) electrons. The number of benzene rings is 1. The fraction of sp³-hybridized carbons (Fsp3) is 0.182. The van der Waals surface area contributed by atoms with Crippen molar-refractivity contribution in [1.82, 2.24) is 5.32 Å². The standard InChI is InChI=1S/C11H13NO2.BrH/c1-2-12-10(11(13)14)8-9-6-4-3-5-7-9;/h2-7,10,12H,1,8H2,(H,13,14);1H/t10-;/m0./s1. The van der Waals surface area contributed by atoms with Crippen LogP contribution in [-0.4, -0.2) is 17.1 Å². The number of aliphatic carboxylic acids is 1. The molecule has 0 aliphatic rings. The van der Waals surface area contributed by atoms with Crippen LogP contribution in [0.1, 0.15) is 5.56 Å². The Kier molecular flexibility index (Phi) is 6.45. The lowest BCUT2D eigenvalue weighted by Gasteiger charge is -2.11. The predicted molar refractivity (Wildman–Crippen MR) is 65.2 cm³/mol. The smallest absolute Gasteiger partial charge is 0.326 e. The molecular formula is C11H14BrNO2. The molecule has 0 bridgehead atoms. The Morgan fingerprint density at radius 2 is 2.07 bits per heavy atom. The minimum absolute atomic E-state index is 0. The van der Waals surface area contributed by atoms with Crippen LogP contribution in [0.3, 0.4) is 0 Å². The second-order valence-electron chi connectivity index (χ2n) is 2.95. The highest BCUT2D eigenvalue weighted by Crippen LogP contribution is 2.03. The molecular weight excluding hydrogens is 258 g/mol. The summed E-state index contributed by atoms with van der Waals surface area (Å²) in [5.74, 6) is -0.867. The van der Waals surface area contributed by atoms with Gasteiger partial charge in [-0.15, -0.1) is 17.0 Å². The van der Waals surface area contributed by atoms with Crippen molar-refractivity contribution in [1.29, 1.82) is 0 Å². The van der Waals surface area contributed by atoms with Crippen LogP contribution in [0.5, 0.6) is 0 Å². The first-order chi connectivity index (χ1) is 6.74. The maximum Gasteiger partial charge on any atom is 0.326 e. The molecule has 4 heteroatoms. The third-order valence-electron chi connectivity index (χ3n) is 1.90. The van der Waals surface area contributed by atoms with Crippen molar-refractivity contribution < 1.29 is 9.90 Å². The van der Waals surface area contributed by atoms with E-state index in [0.29, 0.717) is 6.42 Å². The van der Waals surface area contributed by atoms with Gasteiger partial charge in [0.2, 0.25) is 0 Å². The van der Waals surface area contributed by atoms with Gasteiger partial charge in [0.25, 0.3) is 0 Å². The fourth-order valence-corrected chi connectivity index (χ4v) is 1.21. The zero-order valence-electron chi connectivity index (χ0n) is 8.22. The molecule has 0 fully saturated rings. The van der Waals surface area contributed by atoms with Gasteiger partial charge in [-0.25, -0.2) is 4.79 Å². The molecule has 1 aromatic carbocycles. The Balaban J connectivity index is 0.00000196. The summed E-state index contributed by atoms with van der Waals surface area (Å²) in [6.45, 7) is 3.45. The number of rotatable bonds is 5. The number of carbonyl (C=O) groups is 1. The second-order valence-corrected chi connectivity index (χ2v) is 2.95. The van der Waals surface area contributed by atoms with Gasteiger partial charge in [0.15, 0.2) is 0 Å². The van der Waals surface area contributed by atoms with Crippen molar-refractivity contribution in [2.24, 2.45) is 0 Å². The zero-order valence-corrected chi connectivity index (χ0v) is 9.93. The number of hydrogen-bond acceptors (Lipinski definition) is 2. The molecule has 1 rings (SSSR count). The van der Waals surface area contributed by atoms with Crippen molar-refractivity contribution in [3.05, 3.63) is 48.7 Å². The van der Waals surface area contributed by atoms with Crippen molar-refractivity contribution >= 4 is 23.0 Å². The van der Waals surface area contributed by atoms with Crippen molar-refractivity contribution in [2.75, 3.05) is 0 Å². The molecule has 0 aliphatic heterocycles. The van der Waals surface area contributed by atoms with Gasteiger partial charge < -0.3 is 10.4 Å². The number of carboxylic acids is 1. The van der Waals surface area contributed by atoms with Gasteiger partial charge in [-0.2, -0.15) is 0 Å². The van der Waals surface area contributed by atoms with E-state index in [1.165, 1.54) is 6.20 Å². The van der Waals surface area contributed by atoms with E-state index in [9.17, 15) is 4.79 Å². The molecule has 0 spiro atoms. The number of hydrogen-bond donors (Lipinski definition) is 2. The first-order valence-electron chi connectivity index (χ1n) is 4.37. The van der Waals surface area contributed by atoms with Gasteiger partial charge in [-0.05, 0) is 11.8 Å². The average molecular weight is 272 g/mol. The molecule has 0 unspecified atom stereocenters. The van der Waals surface area contributed by atoms with Crippen molar-refractivity contribution in [3.8, 4) is 0 Å². The Bertz CT molecular complexity index is 314. The summed E-state index contributed by atoms with van der Waals surface area (Å²) in [5.41, 5.74) is 0.995. The van der Waals surface area contributed by atoms with Gasteiger partial charge in [-0.1, -0.05) is 36.9 Å². The monoisotopic (exact) mass is 271 g/mol. The summed E-state index contributed by atoms with van der Waals surface area (Å²) in [6, 6.07) is 8.89. The van der Waals surface area contributed by atoms with Crippen molar-refractivity contribution in [2.45, 2.75) is 12.5 Å². The molecule has 0 amide bonds. The molecule has 82 valence electrons. The number of nitrogens with one attached hydrogen (secondary N) is 1. The lowest BCUT2D eigenvalue weighted by Crippen LogP contribution is -2.34. The number of halogens is 1.